The Morgan fingerprint density at radius 1 is 1.33 bits per heavy atom. The average Bonchev–Trinajstić information content (AvgIpc) is 1.76. The monoisotopic (exact) mass is 122 g/mol. The molecule has 1 heterocycles. The van der Waals surface area contributed by atoms with E-state index in [0.29, 0.717) is 0 Å². The van der Waals surface area contributed by atoms with Crippen molar-refractivity contribution in [2.75, 3.05) is 0 Å². The molecule has 0 saturated heterocycles. The summed E-state index contributed by atoms with van der Waals surface area (Å²) in [7, 11) is 2.18. The minimum atomic E-state index is 0. The number of rotatable bonds is 0. The van der Waals surface area contributed by atoms with Gasteiger partial charge < -0.3 is 0 Å². The van der Waals surface area contributed by atoms with E-state index in [4.69, 9.17) is 0 Å². The molecule has 1 aliphatic rings. The first kappa shape index (κ1) is 6.51. The van der Waals surface area contributed by atoms with Crippen molar-refractivity contribution in [2.45, 2.75) is 12.6 Å². The Morgan fingerprint density at radius 3 is 2.33 bits per heavy atom. The van der Waals surface area contributed by atoms with Gasteiger partial charge in [0.2, 0.25) is 0 Å². The summed E-state index contributed by atoms with van der Waals surface area (Å²) in [6, 6.07) is 0. The third kappa shape index (κ3) is 1.83. The molecule has 3 heteroatoms. The summed E-state index contributed by atoms with van der Waals surface area (Å²) in [6.07, 6.45) is 2.53. The van der Waals surface area contributed by atoms with Crippen molar-refractivity contribution in [3.05, 3.63) is 0 Å². The second-order valence-corrected chi connectivity index (χ2v) is 1.24. The normalized spacial score (nSPS) is 14.7. The van der Waals surface area contributed by atoms with Gasteiger partial charge in [-0.3, -0.25) is 0 Å². The van der Waals surface area contributed by atoms with Crippen LogP contribution in [0.5, 0.6) is 0 Å². The van der Waals surface area contributed by atoms with Gasteiger partial charge in [0.25, 0.3) is 0 Å². The van der Waals surface area contributed by atoms with Crippen LogP contribution in [0.3, 0.4) is 0 Å². The molecule has 0 amide bonds. The Hall–Kier alpha value is 0.506. The summed E-state index contributed by atoms with van der Waals surface area (Å²) in [4.78, 5) is 0. The zero-order valence-corrected chi connectivity index (χ0v) is 4.52. The largest absolute Gasteiger partial charge is 0 e. The standard InChI is InChI=1S/C3H5B2.Co/c1-2-5-3-4-1;/h3H,1-2H2;. The van der Waals surface area contributed by atoms with E-state index in [9.17, 15) is 0 Å². The summed E-state index contributed by atoms with van der Waals surface area (Å²) < 4.78 is 0. The summed E-state index contributed by atoms with van der Waals surface area (Å²) in [5.41, 5.74) is 0. The predicted octanol–water partition coefficient (Wildman–Crippen LogP) is 0.00220. The third-order valence-electron chi connectivity index (χ3n) is 0.772. The SMILES string of the molecule is [B]1C=BCC1.[Co]. The molecule has 0 N–H and O–H groups in total. The van der Waals surface area contributed by atoms with Crippen LogP contribution in [0.4, 0.5) is 0 Å². The van der Waals surface area contributed by atoms with Gasteiger partial charge in [-0.15, -0.1) is 0 Å². The Balaban J connectivity index is 0.000000250. The molecule has 0 aromatic rings. The second kappa shape index (κ2) is 3.69. The van der Waals surface area contributed by atoms with Crippen LogP contribution < -0.4 is 0 Å². The topological polar surface area (TPSA) is 0 Å². The zero-order chi connectivity index (χ0) is 3.54. The van der Waals surface area contributed by atoms with Gasteiger partial charge in [0, 0.05) is 16.8 Å². The minimum absolute atomic E-state index is 0. The molecule has 0 aliphatic carbocycles. The molecule has 0 bridgehead atoms. The molecular formula is C3H5B2Co. The van der Waals surface area contributed by atoms with Crippen molar-refractivity contribution >= 4 is 20.1 Å². The van der Waals surface area contributed by atoms with Crippen LogP contribution in [-0.4, -0.2) is 20.1 Å². The van der Waals surface area contributed by atoms with Gasteiger partial charge in [-0.2, -0.15) is 0 Å². The van der Waals surface area contributed by atoms with Gasteiger partial charge in [-0.25, -0.2) is 0 Å². The first-order valence-corrected chi connectivity index (χ1v) is 1.98. The first-order valence-electron chi connectivity index (χ1n) is 1.98. The number of hydrogen-bond acceptors (Lipinski definition) is 0. The third-order valence-corrected chi connectivity index (χ3v) is 0.772. The fourth-order valence-corrected chi connectivity index (χ4v) is 0.481. The Morgan fingerprint density at radius 2 is 2.17 bits per heavy atom. The molecule has 0 saturated carbocycles. The van der Waals surface area contributed by atoms with E-state index in [1.165, 1.54) is 12.6 Å². The molecule has 0 atom stereocenters. The summed E-state index contributed by atoms with van der Waals surface area (Å²) in [6.45, 7) is 2.18. The van der Waals surface area contributed by atoms with Crippen LogP contribution in [0.25, 0.3) is 0 Å². The van der Waals surface area contributed by atoms with Crippen molar-refractivity contribution in [1.82, 2.24) is 0 Å². The molecule has 1 rings (SSSR count). The molecule has 1 aliphatic heterocycles. The minimum Gasteiger partial charge on any atom is 0 e. The molecule has 0 spiro atoms. The molecule has 0 unspecified atom stereocenters. The van der Waals surface area contributed by atoms with Crippen LogP contribution in [0.1, 0.15) is 0 Å². The molecular weight excluding hydrogens is 117 g/mol. The van der Waals surface area contributed by atoms with Gasteiger partial charge in [0.15, 0.2) is 0 Å². The quantitative estimate of drug-likeness (QED) is 0.396. The first-order chi connectivity index (χ1) is 2.50. The van der Waals surface area contributed by atoms with Gasteiger partial charge in [0.1, 0.15) is 0 Å². The maximum Gasteiger partial charge on any atom is 0 e. The zero-order valence-electron chi connectivity index (χ0n) is 3.48. The molecule has 6 heavy (non-hydrogen) atoms. The van der Waals surface area contributed by atoms with E-state index in [-0.39, 0.29) is 16.8 Å². The van der Waals surface area contributed by atoms with Crippen LogP contribution in [0.15, 0.2) is 0 Å². The fourth-order valence-electron chi connectivity index (χ4n) is 0.481. The van der Waals surface area contributed by atoms with Crippen molar-refractivity contribution in [2.24, 2.45) is 0 Å². The van der Waals surface area contributed by atoms with Crippen molar-refractivity contribution in [1.29, 1.82) is 0 Å². The maximum absolute atomic E-state index is 2.18. The van der Waals surface area contributed by atoms with Gasteiger partial charge in [-0.1, -0.05) is 0 Å². The van der Waals surface area contributed by atoms with E-state index in [1.807, 2.05) is 0 Å². The second-order valence-electron chi connectivity index (χ2n) is 1.24. The van der Waals surface area contributed by atoms with Gasteiger partial charge in [0.05, 0.1) is 0 Å². The van der Waals surface area contributed by atoms with Crippen molar-refractivity contribution in [3.63, 3.8) is 0 Å². The van der Waals surface area contributed by atoms with E-state index >= 15 is 0 Å². The summed E-state index contributed by atoms with van der Waals surface area (Å²) in [5.74, 6) is 2.11. The summed E-state index contributed by atoms with van der Waals surface area (Å²) in [5, 5.41) is 0. The molecule has 32 valence electrons. The van der Waals surface area contributed by atoms with Crippen LogP contribution in [0, 0.1) is 0 Å². The predicted molar refractivity (Wildman–Crippen MR) is 27.2 cm³/mol. The molecule has 0 aromatic heterocycles. The van der Waals surface area contributed by atoms with E-state index in [1.54, 1.807) is 0 Å². The van der Waals surface area contributed by atoms with Gasteiger partial charge in [-0.05, 0) is 0 Å². The Bertz CT molecular complexity index is 46.8. The smallest absolute Gasteiger partial charge is 0 e. The van der Waals surface area contributed by atoms with Crippen LogP contribution in [0.2, 0.25) is 12.6 Å². The fraction of sp³-hybridized carbons (Fsp3) is 0.667. The van der Waals surface area contributed by atoms with Crippen molar-refractivity contribution < 1.29 is 16.8 Å². The molecule has 0 aromatic carbocycles. The van der Waals surface area contributed by atoms with E-state index in [0.717, 1.165) is 0 Å². The van der Waals surface area contributed by atoms with E-state index < -0.39 is 0 Å². The number of hydrogen-bond donors (Lipinski definition) is 0. The Labute approximate surface area is 50.0 Å². The summed E-state index contributed by atoms with van der Waals surface area (Å²) >= 11 is 0. The average molecular weight is 122 g/mol. The van der Waals surface area contributed by atoms with E-state index in [2.05, 4.69) is 20.1 Å². The van der Waals surface area contributed by atoms with Crippen molar-refractivity contribution in [3.8, 4) is 0 Å². The van der Waals surface area contributed by atoms with Gasteiger partial charge >= 0.3 is 32.7 Å². The van der Waals surface area contributed by atoms with Crippen LogP contribution >= 0.6 is 0 Å². The van der Waals surface area contributed by atoms with Crippen LogP contribution in [-0.2, 0) is 16.8 Å². The maximum atomic E-state index is 2.18. The molecule has 0 nitrogen and oxygen atoms in total. The molecule has 2 radical (unpaired) electrons. The Kier molecular flexibility index (Phi) is 4.00. The molecule has 0 fully saturated rings.